The predicted molar refractivity (Wildman–Crippen MR) is 68.7 cm³/mol. The Morgan fingerprint density at radius 3 is 2.53 bits per heavy atom. The van der Waals surface area contributed by atoms with E-state index in [0.717, 1.165) is 16.6 Å². The number of hydrogen-bond acceptors (Lipinski definition) is 0. The first kappa shape index (κ1) is 10.4. The minimum Gasteiger partial charge on any atom is -0.352 e. The van der Waals surface area contributed by atoms with Crippen LogP contribution in [-0.4, -0.2) is 4.98 Å². The lowest BCUT2D eigenvalue weighted by Gasteiger charge is -1.95. The third-order valence-corrected chi connectivity index (χ3v) is 2.95. The van der Waals surface area contributed by atoms with Gasteiger partial charge in [0.2, 0.25) is 0 Å². The Kier molecular flexibility index (Phi) is 2.37. The molecule has 0 spiro atoms. The lowest BCUT2D eigenvalue weighted by Crippen LogP contribution is -1.78. The molecular formula is C14H9ClFN. The van der Waals surface area contributed by atoms with Crippen molar-refractivity contribution in [1.82, 2.24) is 4.98 Å². The van der Waals surface area contributed by atoms with E-state index in [1.54, 1.807) is 6.07 Å². The number of rotatable bonds is 1. The van der Waals surface area contributed by atoms with Gasteiger partial charge >= 0.3 is 0 Å². The summed E-state index contributed by atoms with van der Waals surface area (Å²) in [5.41, 5.74) is 2.41. The normalized spacial score (nSPS) is 10.9. The Hall–Kier alpha value is -1.80. The zero-order chi connectivity index (χ0) is 11.8. The van der Waals surface area contributed by atoms with Crippen LogP contribution in [0, 0.1) is 5.82 Å². The summed E-state index contributed by atoms with van der Waals surface area (Å²) in [5.74, 6) is -0.324. The molecule has 0 atom stereocenters. The monoisotopic (exact) mass is 245 g/mol. The molecule has 0 unspecified atom stereocenters. The van der Waals surface area contributed by atoms with Crippen LogP contribution in [-0.2, 0) is 0 Å². The topological polar surface area (TPSA) is 15.8 Å². The Morgan fingerprint density at radius 2 is 1.76 bits per heavy atom. The highest BCUT2D eigenvalue weighted by Crippen LogP contribution is 2.28. The standard InChI is InChI=1S/C14H9ClFN/c15-11-6-10-7-13(9-4-2-1-3-5-9)17-14(10)12(16)8-11/h1-8,17H. The van der Waals surface area contributed by atoms with Gasteiger partial charge in [0.1, 0.15) is 5.82 Å². The van der Waals surface area contributed by atoms with Crippen molar-refractivity contribution in [2.45, 2.75) is 0 Å². The largest absolute Gasteiger partial charge is 0.352 e. The van der Waals surface area contributed by atoms with E-state index >= 15 is 0 Å². The van der Waals surface area contributed by atoms with Gasteiger partial charge < -0.3 is 4.98 Å². The molecule has 0 bridgehead atoms. The van der Waals surface area contributed by atoms with E-state index in [1.807, 2.05) is 36.4 Å². The Balaban J connectivity index is 2.24. The lowest BCUT2D eigenvalue weighted by molar-refractivity contribution is 0.637. The number of fused-ring (bicyclic) bond motifs is 1. The molecule has 84 valence electrons. The Bertz CT molecular complexity index is 673. The average molecular weight is 246 g/mol. The average Bonchev–Trinajstić information content (AvgIpc) is 2.74. The molecule has 0 aliphatic rings. The molecule has 0 saturated heterocycles. The van der Waals surface area contributed by atoms with Crippen molar-refractivity contribution in [3.05, 3.63) is 59.4 Å². The van der Waals surface area contributed by atoms with Crippen LogP contribution in [0.15, 0.2) is 48.5 Å². The maximum absolute atomic E-state index is 13.7. The van der Waals surface area contributed by atoms with E-state index < -0.39 is 0 Å². The van der Waals surface area contributed by atoms with E-state index in [2.05, 4.69) is 4.98 Å². The zero-order valence-corrected chi connectivity index (χ0v) is 9.63. The molecule has 1 nitrogen and oxygen atoms in total. The third-order valence-electron chi connectivity index (χ3n) is 2.73. The first-order valence-electron chi connectivity index (χ1n) is 5.27. The van der Waals surface area contributed by atoms with Gasteiger partial charge in [0.15, 0.2) is 0 Å². The SMILES string of the molecule is Fc1cc(Cl)cc2cc(-c3ccccc3)[nH]c12. The van der Waals surface area contributed by atoms with Crippen molar-refractivity contribution in [3.8, 4) is 11.3 Å². The van der Waals surface area contributed by atoms with E-state index in [0.29, 0.717) is 10.5 Å². The van der Waals surface area contributed by atoms with E-state index in [4.69, 9.17) is 11.6 Å². The van der Waals surface area contributed by atoms with Gasteiger partial charge in [0.25, 0.3) is 0 Å². The molecule has 2 aromatic carbocycles. The molecule has 1 N–H and O–H groups in total. The highest BCUT2D eigenvalue weighted by atomic mass is 35.5. The van der Waals surface area contributed by atoms with Gasteiger partial charge in [-0.15, -0.1) is 0 Å². The number of nitrogens with one attached hydrogen (secondary N) is 1. The molecule has 0 fully saturated rings. The van der Waals surface area contributed by atoms with Gasteiger partial charge in [-0.05, 0) is 23.8 Å². The smallest absolute Gasteiger partial charge is 0.148 e. The highest BCUT2D eigenvalue weighted by Gasteiger charge is 2.08. The summed E-state index contributed by atoms with van der Waals surface area (Å²) in [6.45, 7) is 0. The van der Waals surface area contributed by atoms with Gasteiger partial charge in [0.05, 0.1) is 5.52 Å². The van der Waals surface area contributed by atoms with Gasteiger partial charge in [0, 0.05) is 16.1 Å². The van der Waals surface area contributed by atoms with Gasteiger partial charge in [-0.1, -0.05) is 41.9 Å². The number of H-pyrrole nitrogens is 1. The summed E-state index contributed by atoms with van der Waals surface area (Å²) in [6, 6.07) is 14.8. The fraction of sp³-hybridized carbons (Fsp3) is 0. The van der Waals surface area contributed by atoms with Crippen molar-refractivity contribution in [1.29, 1.82) is 0 Å². The first-order chi connectivity index (χ1) is 8.24. The van der Waals surface area contributed by atoms with Crippen molar-refractivity contribution in [2.75, 3.05) is 0 Å². The van der Waals surface area contributed by atoms with Crippen LogP contribution in [0.1, 0.15) is 0 Å². The van der Waals surface area contributed by atoms with Crippen LogP contribution in [0.5, 0.6) is 0 Å². The first-order valence-corrected chi connectivity index (χ1v) is 5.65. The van der Waals surface area contributed by atoms with Crippen molar-refractivity contribution >= 4 is 22.5 Å². The number of halogens is 2. The Labute approximate surface area is 103 Å². The summed E-state index contributed by atoms with van der Waals surface area (Å²) >= 11 is 5.83. The van der Waals surface area contributed by atoms with Crippen LogP contribution >= 0.6 is 11.6 Å². The number of hydrogen-bond donors (Lipinski definition) is 1. The summed E-state index contributed by atoms with van der Waals surface area (Å²) in [7, 11) is 0. The Morgan fingerprint density at radius 1 is 1.00 bits per heavy atom. The van der Waals surface area contributed by atoms with Gasteiger partial charge in [-0.3, -0.25) is 0 Å². The molecule has 17 heavy (non-hydrogen) atoms. The summed E-state index contributed by atoms with van der Waals surface area (Å²) in [4.78, 5) is 3.07. The second kappa shape index (κ2) is 3.90. The van der Waals surface area contributed by atoms with Crippen LogP contribution in [0.25, 0.3) is 22.2 Å². The van der Waals surface area contributed by atoms with E-state index in [-0.39, 0.29) is 5.82 Å². The van der Waals surface area contributed by atoms with Crippen molar-refractivity contribution < 1.29 is 4.39 Å². The maximum Gasteiger partial charge on any atom is 0.148 e. The predicted octanol–water partition coefficient (Wildman–Crippen LogP) is 4.63. The van der Waals surface area contributed by atoms with Crippen LogP contribution in [0.2, 0.25) is 5.02 Å². The second-order valence-electron chi connectivity index (χ2n) is 3.90. The fourth-order valence-corrected chi connectivity index (χ4v) is 2.15. The molecule has 0 saturated carbocycles. The molecule has 0 aliphatic carbocycles. The van der Waals surface area contributed by atoms with Gasteiger partial charge in [-0.25, -0.2) is 4.39 Å². The van der Waals surface area contributed by atoms with Crippen molar-refractivity contribution in [3.63, 3.8) is 0 Å². The van der Waals surface area contributed by atoms with E-state index in [1.165, 1.54) is 6.07 Å². The molecule has 0 radical (unpaired) electrons. The molecule has 3 rings (SSSR count). The molecule has 3 heteroatoms. The molecule has 1 aromatic heterocycles. The minimum atomic E-state index is -0.324. The quantitative estimate of drug-likeness (QED) is 0.644. The van der Waals surface area contributed by atoms with E-state index in [9.17, 15) is 4.39 Å². The molecule has 0 aliphatic heterocycles. The van der Waals surface area contributed by atoms with Crippen LogP contribution < -0.4 is 0 Å². The van der Waals surface area contributed by atoms with Crippen LogP contribution in [0.3, 0.4) is 0 Å². The molecule has 0 amide bonds. The summed E-state index contributed by atoms with van der Waals surface area (Å²) < 4.78 is 13.7. The van der Waals surface area contributed by atoms with Gasteiger partial charge in [-0.2, -0.15) is 0 Å². The number of benzene rings is 2. The fourth-order valence-electron chi connectivity index (χ4n) is 1.94. The lowest BCUT2D eigenvalue weighted by atomic mass is 10.1. The number of aromatic amines is 1. The highest BCUT2D eigenvalue weighted by molar-refractivity contribution is 6.31. The summed E-state index contributed by atoms with van der Waals surface area (Å²) in [5, 5.41) is 1.20. The minimum absolute atomic E-state index is 0.324. The second-order valence-corrected chi connectivity index (χ2v) is 4.34. The molecule has 1 heterocycles. The van der Waals surface area contributed by atoms with Crippen LogP contribution in [0.4, 0.5) is 4.39 Å². The molecule has 3 aromatic rings. The number of aromatic nitrogens is 1. The third kappa shape index (κ3) is 1.81. The summed E-state index contributed by atoms with van der Waals surface area (Å²) in [6.07, 6.45) is 0. The maximum atomic E-state index is 13.7. The zero-order valence-electron chi connectivity index (χ0n) is 8.87. The molecular weight excluding hydrogens is 237 g/mol. The van der Waals surface area contributed by atoms with Crippen molar-refractivity contribution in [2.24, 2.45) is 0 Å².